The first kappa shape index (κ1) is 9.45. The second-order valence-corrected chi connectivity index (χ2v) is 2.70. The van der Waals surface area contributed by atoms with E-state index in [4.69, 9.17) is 5.73 Å². The molecule has 0 bridgehead atoms. The lowest BCUT2D eigenvalue weighted by atomic mass is 10.3. The molecule has 0 atom stereocenters. The van der Waals surface area contributed by atoms with Crippen molar-refractivity contribution in [3.8, 4) is 0 Å². The average Bonchev–Trinajstić information content (AvgIpc) is 2.19. The van der Waals surface area contributed by atoms with Crippen molar-refractivity contribution in [3.63, 3.8) is 0 Å². The van der Waals surface area contributed by atoms with E-state index in [1.54, 1.807) is 12.4 Å². The van der Waals surface area contributed by atoms with Crippen LogP contribution in [-0.4, -0.2) is 11.2 Å². The van der Waals surface area contributed by atoms with Crippen LogP contribution in [0.15, 0.2) is 41.2 Å². The zero-order chi connectivity index (χ0) is 9.52. The number of hydrogen-bond donors (Lipinski definition) is 1. The van der Waals surface area contributed by atoms with Crippen LogP contribution in [0.4, 0.5) is 0 Å². The number of pyridine rings is 1. The SMILES string of the molecule is C/C(C=NCc1ccccn1)=C/N. The third-order valence-electron chi connectivity index (χ3n) is 1.54. The third-order valence-corrected chi connectivity index (χ3v) is 1.54. The average molecular weight is 175 g/mol. The van der Waals surface area contributed by atoms with Crippen molar-refractivity contribution < 1.29 is 0 Å². The van der Waals surface area contributed by atoms with Crippen LogP contribution < -0.4 is 5.73 Å². The van der Waals surface area contributed by atoms with Gasteiger partial charge in [0.25, 0.3) is 0 Å². The first-order valence-corrected chi connectivity index (χ1v) is 4.11. The number of aromatic nitrogens is 1. The first-order chi connectivity index (χ1) is 6.33. The molecule has 0 aliphatic heterocycles. The zero-order valence-electron chi connectivity index (χ0n) is 7.64. The van der Waals surface area contributed by atoms with Gasteiger partial charge in [0.2, 0.25) is 0 Å². The summed E-state index contributed by atoms with van der Waals surface area (Å²) in [6.07, 6.45) is 5.03. The van der Waals surface area contributed by atoms with Gasteiger partial charge in [-0.05, 0) is 30.8 Å². The van der Waals surface area contributed by atoms with Gasteiger partial charge in [-0.25, -0.2) is 0 Å². The molecule has 0 fully saturated rings. The van der Waals surface area contributed by atoms with E-state index in [-0.39, 0.29) is 0 Å². The van der Waals surface area contributed by atoms with Gasteiger partial charge in [0.1, 0.15) is 0 Å². The molecule has 0 radical (unpaired) electrons. The Labute approximate surface area is 78.0 Å². The lowest BCUT2D eigenvalue weighted by molar-refractivity contribution is 0.995. The molecular formula is C10H13N3. The molecule has 0 amide bonds. The monoisotopic (exact) mass is 175 g/mol. The largest absolute Gasteiger partial charge is 0.404 e. The standard InChI is InChI=1S/C10H13N3/c1-9(6-11)7-12-8-10-4-2-3-5-13-10/h2-7H,8,11H2,1H3/b9-6-,12-7?. The molecule has 1 aromatic rings. The molecule has 0 saturated carbocycles. The molecule has 0 unspecified atom stereocenters. The van der Waals surface area contributed by atoms with Gasteiger partial charge in [-0.3, -0.25) is 9.98 Å². The van der Waals surface area contributed by atoms with E-state index in [2.05, 4.69) is 9.98 Å². The fourth-order valence-electron chi connectivity index (χ4n) is 0.818. The first-order valence-electron chi connectivity index (χ1n) is 4.11. The molecule has 1 heterocycles. The Kier molecular flexibility index (Phi) is 3.70. The second kappa shape index (κ2) is 5.09. The molecule has 2 N–H and O–H groups in total. The molecule has 1 aromatic heterocycles. The highest BCUT2D eigenvalue weighted by molar-refractivity contribution is 5.77. The molecule has 1 rings (SSSR count). The number of nitrogens with zero attached hydrogens (tertiary/aromatic N) is 2. The second-order valence-electron chi connectivity index (χ2n) is 2.70. The summed E-state index contributed by atoms with van der Waals surface area (Å²) in [5.41, 5.74) is 7.20. The molecule has 0 aromatic carbocycles. The normalized spacial score (nSPS) is 12.2. The van der Waals surface area contributed by atoms with Crippen LogP contribution in [0, 0.1) is 0 Å². The molecule has 0 spiro atoms. The van der Waals surface area contributed by atoms with Crippen LogP contribution in [0.3, 0.4) is 0 Å². The molecular weight excluding hydrogens is 162 g/mol. The van der Waals surface area contributed by atoms with Crippen molar-refractivity contribution in [2.24, 2.45) is 10.7 Å². The fraction of sp³-hybridized carbons (Fsp3) is 0.200. The predicted molar refractivity (Wildman–Crippen MR) is 54.4 cm³/mol. The Balaban J connectivity index is 2.48. The third kappa shape index (κ3) is 3.51. The molecule has 3 heteroatoms. The number of allylic oxidation sites excluding steroid dienone is 1. The summed E-state index contributed by atoms with van der Waals surface area (Å²) >= 11 is 0. The Bertz CT molecular complexity index is 301. The van der Waals surface area contributed by atoms with Crippen molar-refractivity contribution >= 4 is 6.21 Å². The van der Waals surface area contributed by atoms with Crippen LogP contribution in [0.5, 0.6) is 0 Å². The van der Waals surface area contributed by atoms with Crippen LogP contribution in [-0.2, 0) is 6.54 Å². The van der Waals surface area contributed by atoms with Gasteiger partial charge in [-0.2, -0.15) is 0 Å². The van der Waals surface area contributed by atoms with Crippen LogP contribution in [0.25, 0.3) is 0 Å². The molecule has 3 nitrogen and oxygen atoms in total. The smallest absolute Gasteiger partial charge is 0.0811 e. The highest BCUT2D eigenvalue weighted by Gasteiger charge is 1.87. The lowest BCUT2D eigenvalue weighted by Gasteiger charge is -1.93. The molecule has 68 valence electrons. The maximum Gasteiger partial charge on any atom is 0.0811 e. The Hall–Kier alpha value is -1.64. The van der Waals surface area contributed by atoms with Crippen LogP contribution in [0.1, 0.15) is 12.6 Å². The molecule has 0 aliphatic rings. The van der Waals surface area contributed by atoms with E-state index in [0.29, 0.717) is 6.54 Å². The number of hydrogen-bond acceptors (Lipinski definition) is 3. The van der Waals surface area contributed by atoms with E-state index < -0.39 is 0 Å². The van der Waals surface area contributed by atoms with E-state index in [1.165, 1.54) is 6.20 Å². The summed E-state index contributed by atoms with van der Waals surface area (Å²) in [6.45, 7) is 2.51. The Morgan fingerprint density at radius 3 is 3.08 bits per heavy atom. The summed E-state index contributed by atoms with van der Waals surface area (Å²) in [6, 6.07) is 5.78. The van der Waals surface area contributed by atoms with E-state index >= 15 is 0 Å². The van der Waals surface area contributed by atoms with Crippen molar-refractivity contribution in [2.45, 2.75) is 13.5 Å². The van der Waals surface area contributed by atoms with Crippen LogP contribution in [0.2, 0.25) is 0 Å². The van der Waals surface area contributed by atoms with Gasteiger partial charge >= 0.3 is 0 Å². The quantitative estimate of drug-likeness (QED) is 0.708. The summed E-state index contributed by atoms with van der Waals surface area (Å²) < 4.78 is 0. The van der Waals surface area contributed by atoms with Crippen molar-refractivity contribution in [3.05, 3.63) is 41.9 Å². The number of aliphatic imine (C=N–C) groups is 1. The maximum absolute atomic E-state index is 5.28. The summed E-state index contributed by atoms with van der Waals surface area (Å²) in [5, 5.41) is 0. The summed E-state index contributed by atoms with van der Waals surface area (Å²) in [7, 11) is 0. The van der Waals surface area contributed by atoms with Crippen molar-refractivity contribution in [2.75, 3.05) is 0 Å². The Morgan fingerprint density at radius 1 is 1.62 bits per heavy atom. The minimum atomic E-state index is 0.603. The van der Waals surface area contributed by atoms with Gasteiger partial charge in [-0.1, -0.05) is 6.07 Å². The highest BCUT2D eigenvalue weighted by Crippen LogP contribution is 1.95. The van der Waals surface area contributed by atoms with Crippen molar-refractivity contribution in [1.29, 1.82) is 0 Å². The zero-order valence-corrected chi connectivity index (χ0v) is 7.64. The highest BCUT2D eigenvalue weighted by atomic mass is 14.8. The lowest BCUT2D eigenvalue weighted by Crippen LogP contribution is -1.88. The molecule has 13 heavy (non-hydrogen) atoms. The molecule has 0 saturated heterocycles. The summed E-state index contributed by atoms with van der Waals surface area (Å²) in [5.74, 6) is 0. The minimum absolute atomic E-state index is 0.603. The number of nitrogens with two attached hydrogens (primary N) is 1. The van der Waals surface area contributed by atoms with E-state index in [0.717, 1.165) is 11.3 Å². The van der Waals surface area contributed by atoms with Crippen LogP contribution >= 0.6 is 0 Å². The minimum Gasteiger partial charge on any atom is -0.404 e. The van der Waals surface area contributed by atoms with E-state index in [9.17, 15) is 0 Å². The van der Waals surface area contributed by atoms with Gasteiger partial charge in [0, 0.05) is 12.4 Å². The molecule has 0 aliphatic carbocycles. The van der Waals surface area contributed by atoms with Gasteiger partial charge in [0.15, 0.2) is 0 Å². The van der Waals surface area contributed by atoms with Crippen molar-refractivity contribution in [1.82, 2.24) is 4.98 Å². The topological polar surface area (TPSA) is 51.3 Å². The number of rotatable bonds is 3. The van der Waals surface area contributed by atoms with Gasteiger partial charge < -0.3 is 5.73 Å². The Morgan fingerprint density at radius 2 is 2.46 bits per heavy atom. The maximum atomic E-state index is 5.28. The van der Waals surface area contributed by atoms with Gasteiger partial charge in [0.05, 0.1) is 12.2 Å². The van der Waals surface area contributed by atoms with E-state index in [1.807, 2.05) is 25.1 Å². The summed E-state index contributed by atoms with van der Waals surface area (Å²) in [4.78, 5) is 8.31. The fourth-order valence-corrected chi connectivity index (χ4v) is 0.818. The van der Waals surface area contributed by atoms with Gasteiger partial charge in [-0.15, -0.1) is 0 Å². The predicted octanol–water partition coefficient (Wildman–Crippen LogP) is 1.51.